The Bertz CT molecular complexity index is 330. The molecule has 1 saturated heterocycles. The van der Waals surface area contributed by atoms with Crippen LogP contribution in [-0.2, 0) is 14.3 Å². The number of hydrogen-bond donors (Lipinski definition) is 0. The molecule has 1 rings (SSSR count). The van der Waals surface area contributed by atoms with Gasteiger partial charge in [-0.15, -0.1) is 6.58 Å². The van der Waals surface area contributed by atoms with Crippen LogP contribution >= 0.6 is 0 Å². The first-order chi connectivity index (χ1) is 7.67. The van der Waals surface area contributed by atoms with Gasteiger partial charge in [-0.05, 0) is 12.5 Å². The molecule has 1 heterocycles. The molecule has 0 aliphatic carbocycles. The van der Waals surface area contributed by atoms with E-state index in [-0.39, 0.29) is 30.7 Å². The molecule has 0 saturated carbocycles. The molecule has 1 aliphatic heterocycles. The van der Waals surface area contributed by atoms with Crippen LogP contribution in [0, 0.1) is 17.2 Å². The van der Waals surface area contributed by atoms with Crippen molar-refractivity contribution in [3.63, 3.8) is 0 Å². The van der Waals surface area contributed by atoms with Gasteiger partial charge in [-0.1, -0.05) is 12.2 Å². The summed E-state index contributed by atoms with van der Waals surface area (Å²) in [6.45, 7) is 5.23. The van der Waals surface area contributed by atoms with Gasteiger partial charge in [0.1, 0.15) is 6.61 Å². The zero-order valence-corrected chi connectivity index (χ0v) is 9.26. The van der Waals surface area contributed by atoms with E-state index in [0.717, 1.165) is 0 Å². The molecule has 4 heteroatoms. The Hall–Kier alpha value is -1.60. The SMILES string of the molecule is C=C[C@@H]1O[C@H](/C=C\COC(C)=O)C[C@H]1C#N. The van der Waals surface area contributed by atoms with E-state index >= 15 is 0 Å². The predicted octanol–water partition coefficient (Wildman–Crippen LogP) is 1.59. The summed E-state index contributed by atoms with van der Waals surface area (Å²) < 4.78 is 10.3. The maximum absolute atomic E-state index is 10.5. The minimum atomic E-state index is -0.309. The third kappa shape index (κ3) is 3.52. The minimum absolute atomic E-state index is 0.0943. The summed E-state index contributed by atoms with van der Waals surface area (Å²) in [4.78, 5) is 10.5. The van der Waals surface area contributed by atoms with Crippen molar-refractivity contribution < 1.29 is 14.3 Å². The summed E-state index contributed by atoms with van der Waals surface area (Å²) in [5.74, 6) is -0.447. The van der Waals surface area contributed by atoms with Gasteiger partial charge in [-0.2, -0.15) is 5.26 Å². The first-order valence-electron chi connectivity index (χ1n) is 5.15. The van der Waals surface area contributed by atoms with Gasteiger partial charge < -0.3 is 9.47 Å². The van der Waals surface area contributed by atoms with Crippen LogP contribution in [0.3, 0.4) is 0 Å². The Morgan fingerprint density at radius 2 is 2.50 bits per heavy atom. The number of carbonyl (C=O) groups is 1. The fourth-order valence-corrected chi connectivity index (χ4v) is 1.58. The molecule has 0 aromatic rings. The van der Waals surface area contributed by atoms with Gasteiger partial charge >= 0.3 is 5.97 Å². The Labute approximate surface area is 95.1 Å². The highest BCUT2D eigenvalue weighted by molar-refractivity contribution is 5.65. The van der Waals surface area contributed by atoms with E-state index in [9.17, 15) is 4.79 Å². The molecule has 4 nitrogen and oxygen atoms in total. The molecule has 3 atom stereocenters. The van der Waals surface area contributed by atoms with Crippen LogP contribution in [0.15, 0.2) is 24.8 Å². The molecule has 0 bridgehead atoms. The second kappa shape index (κ2) is 6.09. The van der Waals surface area contributed by atoms with Gasteiger partial charge in [0.15, 0.2) is 0 Å². The zero-order valence-electron chi connectivity index (χ0n) is 9.26. The Morgan fingerprint density at radius 1 is 1.75 bits per heavy atom. The smallest absolute Gasteiger partial charge is 0.302 e. The summed E-state index contributed by atoms with van der Waals surface area (Å²) in [5.41, 5.74) is 0. The van der Waals surface area contributed by atoms with E-state index in [4.69, 9.17) is 14.7 Å². The van der Waals surface area contributed by atoms with Gasteiger partial charge in [-0.3, -0.25) is 4.79 Å². The number of carbonyl (C=O) groups excluding carboxylic acids is 1. The van der Waals surface area contributed by atoms with Gasteiger partial charge in [0, 0.05) is 6.92 Å². The lowest BCUT2D eigenvalue weighted by Crippen LogP contribution is -2.10. The number of nitrogens with zero attached hydrogens (tertiary/aromatic N) is 1. The summed E-state index contributed by atoms with van der Waals surface area (Å²) in [6, 6.07) is 2.19. The van der Waals surface area contributed by atoms with Crippen molar-refractivity contribution >= 4 is 5.97 Å². The zero-order chi connectivity index (χ0) is 12.0. The molecule has 86 valence electrons. The fraction of sp³-hybridized carbons (Fsp3) is 0.500. The molecular weight excluding hydrogens is 206 g/mol. The van der Waals surface area contributed by atoms with Crippen LogP contribution in [0.1, 0.15) is 13.3 Å². The van der Waals surface area contributed by atoms with Crippen molar-refractivity contribution in [2.45, 2.75) is 25.6 Å². The molecule has 0 spiro atoms. The lowest BCUT2D eigenvalue weighted by molar-refractivity contribution is -0.139. The highest BCUT2D eigenvalue weighted by Crippen LogP contribution is 2.27. The summed E-state index contributed by atoms with van der Waals surface area (Å²) in [5, 5.41) is 8.86. The molecule has 16 heavy (non-hydrogen) atoms. The third-order valence-corrected chi connectivity index (χ3v) is 2.35. The van der Waals surface area contributed by atoms with E-state index in [0.29, 0.717) is 6.42 Å². The highest BCUT2D eigenvalue weighted by Gasteiger charge is 2.31. The molecule has 0 radical (unpaired) electrons. The van der Waals surface area contributed by atoms with Gasteiger partial charge in [0.05, 0.1) is 24.2 Å². The number of nitriles is 1. The number of esters is 1. The lowest BCUT2D eigenvalue weighted by atomic mass is 10.0. The first kappa shape index (κ1) is 12.5. The Morgan fingerprint density at radius 3 is 3.00 bits per heavy atom. The molecule has 0 N–H and O–H groups in total. The molecular formula is C12H15NO3. The normalized spacial score (nSPS) is 28.9. The standard InChI is InChI=1S/C12H15NO3/c1-3-12-10(8-13)7-11(16-12)5-4-6-15-9(2)14/h3-5,10-12H,1,6-7H2,2H3/b5-4-/t10-,11+,12-/m0/s1. The van der Waals surface area contributed by atoms with Crippen LogP contribution in [-0.4, -0.2) is 24.8 Å². The summed E-state index contributed by atoms with van der Waals surface area (Å²) in [7, 11) is 0. The Kier molecular flexibility index (Phi) is 4.74. The Balaban J connectivity index is 2.38. The summed E-state index contributed by atoms with van der Waals surface area (Å²) in [6.07, 6.45) is 5.55. The van der Waals surface area contributed by atoms with E-state index < -0.39 is 0 Å². The molecule has 0 aromatic heterocycles. The van der Waals surface area contributed by atoms with Crippen LogP contribution in [0.5, 0.6) is 0 Å². The van der Waals surface area contributed by atoms with Crippen LogP contribution in [0.25, 0.3) is 0 Å². The maximum Gasteiger partial charge on any atom is 0.302 e. The van der Waals surface area contributed by atoms with Crippen molar-refractivity contribution in [3.05, 3.63) is 24.8 Å². The largest absolute Gasteiger partial charge is 0.462 e. The van der Waals surface area contributed by atoms with Crippen LogP contribution < -0.4 is 0 Å². The second-order valence-electron chi connectivity index (χ2n) is 3.58. The first-order valence-corrected chi connectivity index (χ1v) is 5.15. The van der Waals surface area contributed by atoms with Gasteiger partial charge in [-0.25, -0.2) is 0 Å². The van der Waals surface area contributed by atoms with Crippen molar-refractivity contribution in [2.75, 3.05) is 6.61 Å². The molecule has 0 amide bonds. The van der Waals surface area contributed by atoms with Crippen LogP contribution in [0.4, 0.5) is 0 Å². The van der Waals surface area contributed by atoms with E-state index in [1.54, 1.807) is 12.2 Å². The molecule has 1 aliphatic rings. The quantitative estimate of drug-likeness (QED) is 0.534. The number of rotatable bonds is 4. The van der Waals surface area contributed by atoms with E-state index in [1.165, 1.54) is 6.92 Å². The highest BCUT2D eigenvalue weighted by atomic mass is 16.5. The van der Waals surface area contributed by atoms with Crippen molar-refractivity contribution in [1.82, 2.24) is 0 Å². The second-order valence-corrected chi connectivity index (χ2v) is 3.58. The fourth-order valence-electron chi connectivity index (χ4n) is 1.58. The predicted molar refractivity (Wildman–Crippen MR) is 58.4 cm³/mol. The van der Waals surface area contributed by atoms with E-state index in [1.807, 2.05) is 6.08 Å². The van der Waals surface area contributed by atoms with Crippen LogP contribution in [0.2, 0.25) is 0 Å². The average molecular weight is 221 g/mol. The molecule has 0 aromatic carbocycles. The van der Waals surface area contributed by atoms with Gasteiger partial charge in [0.25, 0.3) is 0 Å². The van der Waals surface area contributed by atoms with Crippen molar-refractivity contribution in [3.8, 4) is 6.07 Å². The van der Waals surface area contributed by atoms with Crippen molar-refractivity contribution in [1.29, 1.82) is 5.26 Å². The topological polar surface area (TPSA) is 59.3 Å². The molecule has 1 fully saturated rings. The van der Waals surface area contributed by atoms with E-state index in [2.05, 4.69) is 12.6 Å². The summed E-state index contributed by atoms with van der Waals surface area (Å²) >= 11 is 0. The average Bonchev–Trinajstić information content (AvgIpc) is 2.66. The number of hydrogen-bond acceptors (Lipinski definition) is 4. The maximum atomic E-state index is 10.5. The third-order valence-electron chi connectivity index (χ3n) is 2.35. The monoisotopic (exact) mass is 221 g/mol. The van der Waals surface area contributed by atoms with Gasteiger partial charge in [0.2, 0.25) is 0 Å². The van der Waals surface area contributed by atoms with Crippen molar-refractivity contribution in [2.24, 2.45) is 5.92 Å². The lowest BCUT2D eigenvalue weighted by Gasteiger charge is -2.06. The molecule has 0 unspecified atom stereocenters. The minimum Gasteiger partial charge on any atom is -0.462 e. The number of ether oxygens (including phenoxy) is 2.